The maximum Gasteiger partial charge on any atom is 0.236 e. The summed E-state index contributed by atoms with van der Waals surface area (Å²) in [5.74, 6) is -0.110. The summed E-state index contributed by atoms with van der Waals surface area (Å²) in [6.07, 6.45) is 2.34. The highest BCUT2D eigenvalue weighted by atomic mass is 35.5. The van der Waals surface area contributed by atoms with E-state index in [2.05, 4.69) is 10.2 Å². The summed E-state index contributed by atoms with van der Waals surface area (Å²) in [5.41, 5.74) is 1.05. The first-order valence-electron chi connectivity index (χ1n) is 9.02. The Morgan fingerprint density at radius 2 is 1.81 bits per heavy atom. The van der Waals surface area contributed by atoms with Crippen molar-refractivity contribution in [1.82, 2.24) is 20.0 Å². The van der Waals surface area contributed by atoms with Crippen LogP contribution >= 0.6 is 11.6 Å². The number of likely N-dealkylation sites (tertiary alicyclic amines) is 1. The molecule has 0 spiro atoms. The van der Waals surface area contributed by atoms with E-state index in [-0.39, 0.29) is 30.9 Å². The van der Waals surface area contributed by atoms with Crippen molar-refractivity contribution in [1.29, 1.82) is 0 Å². The van der Waals surface area contributed by atoms with Crippen LogP contribution in [0.15, 0.2) is 24.3 Å². The highest BCUT2D eigenvalue weighted by Gasteiger charge is 2.25. The van der Waals surface area contributed by atoms with Gasteiger partial charge in [0.2, 0.25) is 11.8 Å². The summed E-state index contributed by atoms with van der Waals surface area (Å²) in [5, 5.41) is 3.74. The van der Waals surface area contributed by atoms with Gasteiger partial charge in [0, 0.05) is 25.7 Å². The lowest BCUT2D eigenvalue weighted by Crippen LogP contribution is -2.43. The summed E-state index contributed by atoms with van der Waals surface area (Å²) in [6, 6.07) is 7.89. The number of amides is 2. The van der Waals surface area contributed by atoms with Gasteiger partial charge in [-0.1, -0.05) is 29.8 Å². The third-order valence-corrected chi connectivity index (χ3v) is 5.00. The van der Waals surface area contributed by atoms with E-state index in [1.807, 2.05) is 24.3 Å². The molecule has 1 aliphatic heterocycles. The summed E-state index contributed by atoms with van der Waals surface area (Å²) in [4.78, 5) is 29.7. The minimum absolute atomic E-state index is 0.0219. The first kappa shape index (κ1) is 20.7. The van der Waals surface area contributed by atoms with E-state index in [0.717, 1.165) is 23.7 Å². The van der Waals surface area contributed by atoms with Gasteiger partial charge in [-0.25, -0.2) is 0 Å². The van der Waals surface area contributed by atoms with E-state index in [4.69, 9.17) is 11.6 Å². The fourth-order valence-corrected chi connectivity index (χ4v) is 3.44. The van der Waals surface area contributed by atoms with Gasteiger partial charge in [-0.05, 0) is 44.6 Å². The van der Waals surface area contributed by atoms with Gasteiger partial charge < -0.3 is 10.2 Å². The van der Waals surface area contributed by atoms with Crippen LogP contribution in [0.3, 0.4) is 0 Å². The van der Waals surface area contributed by atoms with Gasteiger partial charge in [-0.15, -0.1) is 0 Å². The van der Waals surface area contributed by atoms with Crippen molar-refractivity contribution < 1.29 is 9.59 Å². The molecule has 1 fully saturated rings. The Labute approximate surface area is 161 Å². The fourth-order valence-electron chi connectivity index (χ4n) is 3.17. The molecular weight excluding hydrogens is 352 g/mol. The van der Waals surface area contributed by atoms with Crippen LogP contribution in [0.2, 0.25) is 5.02 Å². The van der Waals surface area contributed by atoms with Gasteiger partial charge in [0.05, 0.1) is 19.1 Å². The molecule has 1 unspecified atom stereocenters. The number of nitrogens with zero attached hydrogens (tertiary/aromatic N) is 3. The first-order chi connectivity index (χ1) is 12.4. The van der Waals surface area contributed by atoms with E-state index >= 15 is 0 Å². The number of hydrogen-bond acceptors (Lipinski definition) is 4. The molecule has 1 aromatic rings. The summed E-state index contributed by atoms with van der Waals surface area (Å²) >= 11 is 6.39. The Bertz CT molecular complexity index is 617. The molecule has 6 nitrogen and oxygen atoms in total. The van der Waals surface area contributed by atoms with Crippen LogP contribution in [0.1, 0.15) is 24.4 Å². The molecule has 0 bridgehead atoms. The topological polar surface area (TPSA) is 55.9 Å². The second-order valence-electron chi connectivity index (χ2n) is 7.04. The van der Waals surface area contributed by atoms with Crippen LogP contribution in [-0.4, -0.2) is 80.4 Å². The normalized spacial score (nSPS) is 15.9. The fraction of sp³-hybridized carbons (Fsp3) is 0.579. The monoisotopic (exact) mass is 380 g/mol. The van der Waals surface area contributed by atoms with Crippen molar-refractivity contribution in [2.75, 3.05) is 53.9 Å². The molecule has 1 saturated heterocycles. The summed E-state index contributed by atoms with van der Waals surface area (Å²) in [7, 11) is 5.19. The highest BCUT2D eigenvalue weighted by Crippen LogP contribution is 2.29. The Morgan fingerprint density at radius 3 is 2.42 bits per heavy atom. The lowest BCUT2D eigenvalue weighted by molar-refractivity contribution is -0.130. The summed E-state index contributed by atoms with van der Waals surface area (Å²) in [6.45, 7) is 2.96. The maximum atomic E-state index is 12.3. The van der Waals surface area contributed by atoms with Gasteiger partial charge in [0.15, 0.2) is 0 Å². The van der Waals surface area contributed by atoms with Crippen molar-refractivity contribution in [3.63, 3.8) is 0 Å². The lowest BCUT2D eigenvalue weighted by atomic mass is 10.1. The van der Waals surface area contributed by atoms with Gasteiger partial charge >= 0.3 is 0 Å². The van der Waals surface area contributed by atoms with Crippen molar-refractivity contribution in [2.45, 2.75) is 18.9 Å². The number of likely N-dealkylation sites (N-methyl/N-ethyl adjacent to an activating group) is 2. The van der Waals surface area contributed by atoms with Crippen molar-refractivity contribution in [2.24, 2.45) is 0 Å². The number of halogens is 1. The smallest absolute Gasteiger partial charge is 0.236 e. The largest absolute Gasteiger partial charge is 0.353 e. The second-order valence-corrected chi connectivity index (χ2v) is 7.45. The maximum absolute atomic E-state index is 12.3. The molecule has 0 radical (unpaired) electrons. The molecule has 2 amide bonds. The number of carbonyl (C=O) groups excluding carboxylic acids is 2. The molecule has 1 atom stereocenters. The van der Waals surface area contributed by atoms with E-state index in [1.165, 1.54) is 17.7 Å². The number of nitrogens with one attached hydrogen (secondary N) is 1. The molecule has 1 N–H and O–H groups in total. The average molecular weight is 381 g/mol. The Morgan fingerprint density at radius 1 is 1.15 bits per heavy atom. The Balaban J connectivity index is 1.93. The molecule has 2 rings (SSSR count). The zero-order valence-corrected chi connectivity index (χ0v) is 16.6. The zero-order valence-electron chi connectivity index (χ0n) is 15.9. The number of benzene rings is 1. The third-order valence-electron chi connectivity index (χ3n) is 4.66. The molecule has 1 aliphatic rings. The van der Waals surface area contributed by atoms with Crippen LogP contribution in [0, 0.1) is 0 Å². The quantitative estimate of drug-likeness (QED) is 0.744. The van der Waals surface area contributed by atoms with Crippen LogP contribution in [-0.2, 0) is 9.59 Å². The van der Waals surface area contributed by atoms with Crippen LogP contribution in [0.25, 0.3) is 0 Å². The minimum atomic E-state index is -0.0877. The first-order valence-corrected chi connectivity index (χ1v) is 9.40. The highest BCUT2D eigenvalue weighted by molar-refractivity contribution is 6.31. The molecule has 0 aromatic heterocycles. The van der Waals surface area contributed by atoms with Crippen molar-refractivity contribution in [3.05, 3.63) is 34.9 Å². The number of carbonyl (C=O) groups is 2. The van der Waals surface area contributed by atoms with Gasteiger partial charge in [0.1, 0.15) is 0 Å². The molecular formula is C19H29ClN4O2. The molecule has 26 heavy (non-hydrogen) atoms. The predicted octanol–water partition coefficient (Wildman–Crippen LogP) is 1.61. The third kappa shape index (κ3) is 5.97. The molecule has 0 saturated carbocycles. The molecule has 0 aliphatic carbocycles. The molecule has 1 heterocycles. The molecule has 1 aromatic carbocycles. The van der Waals surface area contributed by atoms with Gasteiger partial charge in [-0.2, -0.15) is 0 Å². The predicted molar refractivity (Wildman–Crippen MR) is 104 cm³/mol. The van der Waals surface area contributed by atoms with E-state index in [0.29, 0.717) is 6.54 Å². The average Bonchev–Trinajstić information content (AvgIpc) is 3.10. The minimum Gasteiger partial charge on any atom is -0.353 e. The Hall–Kier alpha value is -1.63. The van der Waals surface area contributed by atoms with E-state index in [9.17, 15) is 9.59 Å². The standard InChI is InChI=1S/C19H29ClN4O2/c1-22(2)19(26)14-23(3)13-18(25)21-12-17(24-10-6-7-11-24)15-8-4-5-9-16(15)20/h4-5,8-9,17H,6-7,10-14H2,1-3H3,(H,21,25). The number of hydrogen-bond donors (Lipinski definition) is 1. The number of rotatable bonds is 8. The lowest BCUT2D eigenvalue weighted by Gasteiger charge is -2.29. The van der Waals surface area contributed by atoms with Crippen molar-refractivity contribution >= 4 is 23.4 Å². The molecule has 7 heteroatoms. The summed E-state index contributed by atoms with van der Waals surface area (Å²) < 4.78 is 0. The van der Waals surface area contributed by atoms with E-state index in [1.54, 1.807) is 26.0 Å². The van der Waals surface area contributed by atoms with Crippen molar-refractivity contribution in [3.8, 4) is 0 Å². The van der Waals surface area contributed by atoms with Gasteiger partial charge in [-0.3, -0.25) is 19.4 Å². The molecule has 144 valence electrons. The van der Waals surface area contributed by atoms with Crippen LogP contribution in [0.4, 0.5) is 0 Å². The van der Waals surface area contributed by atoms with Crippen LogP contribution < -0.4 is 5.32 Å². The zero-order chi connectivity index (χ0) is 19.1. The SMILES string of the molecule is CN(CC(=O)NCC(c1ccccc1Cl)N1CCCC1)CC(=O)N(C)C. The Kier molecular flexibility index (Phi) is 7.87. The van der Waals surface area contributed by atoms with Gasteiger partial charge in [0.25, 0.3) is 0 Å². The van der Waals surface area contributed by atoms with E-state index < -0.39 is 0 Å². The second kappa shape index (κ2) is 9.90. The van der Waals surface area contributed by atoms with Crippen LogP contribution in [0.5, 0.6) is 0 Å².